The zero-order valence-corrected chi connectivity index (χ0v) is 16.7. The van der Waals surface area contributed by atoms with Gasteiger partial charge >= 0.3 is 0 Å². The Morgan fingerprint density at radius 3 is 3.03 bits per heavy atom. The van der Waals surface area contributed by atoms with Crippen molar-refractivity contribution < 1.29 is 14.0 Å². The van der Waals surface area contributed by atoms with Gasteiger partial charge in [-0.1, -0.05) is 23.7 Å². The van der Waals surface area contributed by atoms with Crippen LogP contribution in [-0.4, -0.2) is 28.2 Å². The lowest BCUT2D eigenvalue weighted by atomic mass is 9.91. The van der Waals surface area contributed by atoms with Crippen molar-refractivity contribution in [3.63, 3.8) is 0 Å². The maximum Gasteiger partial charge on any atom is 0.225 e. The molecule has 1 aromatic carbocycles. The number of nitrogens with zero attached hydrogens (tertiary/aromatic N) is 1. The Balaban J connectivity index is 1.31. The van der Waals surface area contributed by atoms with Gasteiger partial charge in [0.15, 0.2) is 0 Å². The number of fused-ring (bicyclic) bond motifs is 3. The smallest absolute Gasteiger partial charge is 0.225 e. The van der Waals surface area contributed by atoms with Crippen molar-refractivity contribution in [3.05, 3.63) is 58.6 Å². The Hall–Kier alpha value is -2.73. The number of para-hydroxylation sites is 1. The van der Waals surface area contributed by atoms with Crippen molar-refractivity contribution in [2.45, 2.75) is 38.3 Å². The zero-order valence-electron chi connectivity index (χ0n) is 15.9. The minimum Gasteiger partial charge on any atom is -0.467 e. The molecule has 0 spiro atoms. The predicted octanol–water partition coefficient (Wildman–Crippen LogP) is 3.96. The molecule has 3 aromatic rings. The molecule has 3 heterocycles. The Bertz CT molecular complexity index is 1070. The summed E-state index contributed by atoms with van der Waals surface area (Å²) >= 11 is 6.35. The van der Waals surface area contributed by atoms with Crippen LogP contribution in [0.15, 0.2) is 41.0 Å². The molecule has 2 aromatic heterocycles. The van der Waals surface area contributed by atoms with Gasteiger partial charge in [0.2, 0.25) is 11.8 Å². The molecule has 1 unspecified atom stereocenters. The van der Waals surface area contributed by atoms with Gasteiger partial charge in [-0.3, -0.25) is 9.59 Å². The van der Waals surface area contributed by atoms with Crippen LogP contribution in [0.25, 0.3) is 10.9 Å². The number of carbonyl (C=O) groups is 2. The van der Waals surface area contributed by atoms with Crippen LogP contribution in [0.5, 0.6) is 0 Å². The second-order valence-corrected chi connectivity index (χ2v) is 8.29. The first-order chi connectivity index (χ1) is 14.1. The fourth-order valence-corrected chi connectivity index (χ4v) is 4.80. The van der Waals surface area contributed by atoms with Crippen molar-refractivity contribution in [1.82, 2.24) is 15.2 Å². The van der Waals surface area contributed by atoms with Crippen molar-refractivity contribution in [1.29, 1.82) is 0 Å². The minimum absolute atomic E-state index is 0.0109. The third-order valence-electron chi connectivity index (χ3n) is 6.02. The molecule has 29 heavy (non-hydrogen) atoms. The lowest BCUT2D eigenvalue weighted by Gasteiger charge is -2.25. The lowest BCUT2D eigenvalue weighted by Crippen LogP contribution is -2.36. The standard InChI is InChI=1S/C22H22ClN3O3/c23-17-7-1-5-15-16-6-2-8-18(21(16)25-20(15)17)24-22(28)13-10-19(27)26(11-13)12-14-4-3-9-29-14/h1,3-5,7,9,13,18,25H,2,6,8,10-12H2,(H,24,28)/t13-,18?/m0/s1. The number of rotatable bonds is 4. The van der Waals surface area contributed by atoms with Crippen LogP contribution in [0.1, 0.15) is 42.3 Å². The normalized spacial score (nSPS) is 21.6. The number of nitrogens with one attached hydrogen (secondary N) is 2. The average Bonchev–Trinajstić information content (AvgIpc) is 3.43. The quantitative estimate of drug-likeness (QED) is 0.682. The van der Waals surface area contributed by atoms with E-state index in [-0.39, 0.29) is 30.2 Å². The van der Waals surface area contributed by atoms with Gasteiger partial charge in [-0.15, -0.1) is 0 Å². The number of aromatic amines is 1. The number of benzene rings is 1. The van der Waals surface area contributed by atoms with Gasteiger partial charge in [-0.25, -0.2) is 0 Å². The highest BCUT2D eigenvalue weighted by Gasteiger charge is 2.36. The Morgan fingerprint density at radius 1 is 1.31 bits per heavy atom. The predicted molar refractivity (Wildman–Crippen MR) is 109 cm³/mol. The van der Waals surface area contributed by atoms with Crippen molar-refractivity contribution in [2.24, 2.45) is 5.92 Å². The number of hydrogen-bond donors (Lipinski definition) is 2. The minimum atomic E-state index is -0.337. The highest BCUT2D eigenvalue weighted by Crippen LogP contribution is 2.37. The van der Waals surface area contributed by atoms with Crippen LogP contribution in [0.2, 0.25) is 5.02 Å². The Kier molecular flexibility index (Phi) is 4.59. The van der Waals surface area contributed by atoms with Gasteiger partial charge in [0.1, 0.15) is 5.76 Å². The Labute approximate surface area is 173 Å². The van der Waals surface area contributed by atoms with Gasteiger partial charge in [0.25, 0.3) is 0 Å². The Morgan fingerprint density at radius 2 is 2.21 bits per heavy atom. The van der Waals surface area contributed by atoms with Crippen LogP contribution in [-0.2, 0) is 22.6 Å². The highest BCUT2D eigenvalue weighted by molar-refractivity contribution is 6.35. The molecule has 2 atom stereocenters. The molecule has 0 saturated carbocycles. The van der Waals surface area contributed by atoms with Gasteiger partial charge < -0.3 is 19.6 Å². The maximum absolute atomic E-state index is 12.9. The monoisotopic (exact) mass is 411 g/mol. The fraction of sp³-hybridized carbons (Fsp3) is 0.364. The van der Waals surface area contributed by atoms with E-state index in [9.17, 15) is 9.59 Å². The molecule has 1 aliphatic heterocycles. The summed E-state index contributed by atoms with van der Waals surface area (Å²) in [5.74, 6) is 0.313. The number of halogens is 1. The molecule has 0 bridgehead atoms. The van der Waals surface area contributed by atoms with Crippen LogP contribution >= 0.6 is 11.6 Å². The van der Waals surface area contributed by atoms with E-state index in [1.165, 1.54) is 5.56 Å². The molecule has 5 rings (SSSR count). The number of amides is 2. The van der Waals surface area contributed by atoms with Crippen LogP contribution in [0.3, 0.4) is 0 Å². The molecule has 2 aliphatic rings. The van der Waals surface area contributed by atoms with E-state index in [0.717, 1.165) is 41.6 Å². The number of hydrogen-bond acceptors (Lipinski definition) is 3. The largest absolute Gasteiger partial charge is 0.467 e. The molecule has 0 radical (unpaired) electrons. The van der Waals surface area contributed by atoms with E-state index < -0.39 is 0 Å². The fourth-order valence-electron chi connectivity index (χ4n) is 4.58. The molecule has 2 N–H and O–H groups in total. The molecule has 1 aliphatic carbocycles. The summed E-state index contributed by atoms with van der Waals surface area (Å²) in [6.45, 7) is 0.827. The number of H-pyrrole nitrogens is 1. The van der Waals surface area contributed by atoms with E-state index in [4.69, 9.17) is 16.0 Å². The highest BCUT2D eigenvalue weighted by atomic mass is 35.5. The number of aryl methyl sites for hydroxylation is 1. The van der Waals surface area contributed by atoms with Gasteiger partial charge in [-0.2, -0.15) is 0 Å². The molecule has 7 heteroatoms. The van der Waals surface area contributed by atoms with E-state index in [1.54, 1.807) is 17.2 Å². The number of likely N-dealkylation sites (tertiary alicyclic amines) is 1. The maximum atomic E-state index is 12.9. The molecule has 150 valence electrons. The molecule has 2 amide bonds. The third-order valence-corrected chi connectivity index (χ3v) is 6.34. The summed E-state index contributed by atoms with van der Waals surface area (Å²) in [4.78, 5) is 30.4. The second kappa shape index (κ2) is 7.26. The summed E-state index contributed by atoms with van der Waals surface area (Å²) in [5.41, 5.74) is 3.21. The molecule has 1 fully saturated rings. The van der Waals surface area contributed by atoms with E-state index in [0.29, 0.717) is 18.1 Å². The summed E-state index contributed by atoms with van der Waals surface area (Å²) < 4.78 is 5.33. The molecular weight excluding hydrogens is 390 g/mol. The van der Waals surface area contributed by atoms with Gasteiger partial charge in [0, 0.05) is 24.0 Å². The van der Waals surface area contributed by atoms with Crippen LogP contribution in [0.4, 0.5) is 0 Å². The summed E-state index contributed by atoms with van der Waals surface area (Å²) in [7, 11) is 0. The summed E-state index contributed by atoms with van der Waals surface area (Å²) in [6.07, 6.45) is 4.68. The van der Waals surface area contributed by atoms with Crippen LogP contribution in [0, 0.1) is 5.92 Å². The van der Waals surface area contributed by atoms with Crippen molar-refractivity contribution in [2.75, 3.05) is 6.54 Å². The first-order valence-corrected chi connectivity index (χ1v) is 10.4. The van der Waals surface area contributed by atoms with E-state index in [2.05, 4.69) is 16.4 Å². The summed E-state index contributed by atoms with van der Waals surface area (Å²) in [6, 6.07) is 9.46. The second-order valence-electron chi connectivity index (χ2n) is 7.89. The van der Waals surface area contributed by atoms with Gasteiger partial charge in [0.05, 0.1) is 35.3 Å². The van der Waals surface area contributed by atoms with Crippen LogP contribution < -0.4 is 5.32 Å². The van der Waals surface area contributed by atoms with E-state index >= 15 is 0 Å². The number of aromatic nitrogens is 1. The molecule has 6 nitrogen and oxygen atoms in total. The van der Waals surface area contributed by atoms with Crippen molar-refractivity contribution in [3.8, 4) is 0 Å². The first-order valence-electron chi connectivity index (χ1n) is 9.99. The van der Waals surface area contributed by atoms with Crippen molar-refractivity contribution >= 4 is 34.3 Å². The SMILES string of the molecule is O=C(NC1CCCc2c1[nH]c1c(Cl)cccc21)[C@H]1CC(=O)N(Cc2ccco2)C1. The number of carbonyl (C=O) groups excluding carboxylic acids is 2. The lowest BCUT2D eigenvalue weighted by molar-refractivity contribution is -0.129. The summed E-state index contributed by atoms with van der Waals surface area (Å²) in [5, 5.41) is 5.00. The first kappa shape index (κ1) is 18.3. The van der Waals surface area contributed by atoms with Gasteiger partial charge in [-0.05, 0) is 43.0 Å². The molecule has 1 saturated heterocycles. The average molecular weight is 412 g/mol. The third kappa shape index (κ3) is 3.31. The number of furan rings is 1. The van der Waals surface area contributed by atoms with E-state index in [1.807, 2.05) is 18.2 Å². The topological polar surface area (TPSA) is 78.3 Å². The zero-order chi connectivity index (χ0) is 20.0. The molecular formula is C22H22ClN3O3.